The van der Waals surface area contributed by atoms with Crippen LogP contribution in [0.3, 0.4) is 0 Å². The molecule has 2 aromatic carbocycles. The molecule has 0 aromatic heterocycles. The molecule has 8 nitrogen and oxygen atoms in total. The van der Waals surface area contributed by atoms with E-state index in [9.17, 15) is 39.6 Å². The van der Waals surface area contributed by atoms with Gasteiger partial charge in [-0.15, -0.1) is 0 Å². The van der Waals surface area contributed by atoms with Crippen molar-refractivity contribution in [3.8, 4) is 0 Å². The van der Waals surface area contributed by atoms with Crippen LogP contribution in [0.2, 0.25) is 0 Å². The summed E-state index contributed by atoms with van der Waals surface area (Å²) in [5.74, 6) is -5.79. The molecule has 8 heteroatoms. The van der Waals surface area contributed by atoms with Crippen LogP contribution in [-0.4, -0.2) is 44.3 Å². The summed E-state index contributed by atoms with van der Waals surface area (Å²) in [5, 5.41) is 39.6. The standard InChI is InChI=1S/C22H18O8/c1-8-10-5-13(18(23)24)14(19(25)26)6-11(10)9(2)17-12(8)7-16(20(27)28)22(21(29)30)4-3-15(17)22/h5-7,15H,3-4H2,1-2H3,(H,23,24)(H,25,26)(H,27,28)(H,29,30). The van der Waals surface area contributed by atoms with Gasteiger partial charge in [0, 0.05) is 5.92 Å². The topological polar surface area (TPSA) is 149 Å². The van der Waals surface area contributed by atoms with Crippen LogP contribution in [0.4, 0.5) is 0 Å². The Hall–Kier alpha value is -3.68. The molecule has 2 aliphatic rings. The summed E-state index contributed by atoms with van der Waals surface area (Å²) in [6, 6.07) is 2.60. The number of aryl methyl sites for hydroxylation is 2. The Labute approximate surface area is 170 Å². The maximum Gasteiger partial charge on any atom is 0.336 e. The first-order valence-corrected chi connectivity index (χ1v) is 9.28. The Morgan fingerprint density at radius 2 is 1.40 bits per heavy atom. The average Bonchev–Trinajstić information content (AvgIpc) is 2.64. The number of carbonyl (C=O) groups is 4. The molecule has 0 heterocycles. The first-order valence-electron chi connectivity index (χ1n) is 9.28. The molecule has 0 spiro atoms. The lowest BCUT2D eigenvalue weighted by Crippen LogP contribution is -2.50. The summed E-state index contributed by atoms with van der Waals surface area (Å²) in [7, 11) is 0. The Morgan fingerprint density at radius 3 is 1.80 bits per heavy atom. The SMILES string of the molecule is Cc1c2c(c(C)c3cc(C(=O)O)c(C(=O)O)cc13)C1CCC1(C(=O)O)C(C(=O)O)=C2. The van der Waals surface area contributed by atoms with Gasteiger partial charge in [-0.25, -0.2) is 14.4 Å². The summed E-state index contributed by atoms with van der Waals surface area (Å²) in [5.41, 5.74) is 0.0844. The monoisotopic (exact) mass is 410 g/mol. The van der Waals surface area contributed by atoms with Crippen LogP contribution in [0.25, 0.3) is 16.8 Å². The van der Waals surface area contributed by atoms with Gasteiger partial charge in [0.15, 0.2) is 0 Å². The van der Waals surface area contributed by atoms with E-state index in [4.69, 9.17) is 0 Å². The Balaban J connectivity index is 2.14. The molecule has 4 N–H and O–H groups in total. The normalized spacial score (nSPS) is 21.8. The molecular weight excluding hydrogens is 392 g/mol. The lowest BCUT2D eigenvalue weighted by molar-refractivity contribution is -0.156. The van der Waals surface area contributed by atoms with Crippen LogP contribution < -0.4 is 0 Å². The molecule has 2 aromatic rings. The largest absolute Gasteiger partial charge is 0.481 e. The number of rotatable bonds is 4. The molecule has 0 amide bonds. The fourth-order valence-electron chi connectivity index (χ4n) is 5.09. The third-order valence-corrected chi connectivity index (χ3v) is 6.68. The van der Waals surface area contributed by atoms with E-state index in [1.807, 2.05) is 0 Å². The van der Waals surface area contributed by atoms with E-state index < -0.39 is 35.2 Å². The smallest absolute Gasteiger partial charge is 0.336 e. The molecule has 0 aliphatic heterocycles. The van der Waals surface area contributed by atoms with Crippen LogP contribution in [-0.2, 0) is 9.59 Å². The molecule has 0 radical (unpaired) electrons. The van der Waals surface area contributed by atoms with Crippen molar-refractivity contribution in [2.45, 2.75) is 32.6 Å². The van der Waals surface area contributed by atoms with Gasteiger partial charge < -0.3 is 20.4 Å². The molecule has 1 fully saturated rings. The number of fused-ring (bicyclic) bond motifs is 4. The van der Waals surface area contributed by atoms with Gasteiger partial charge in [0.05, 0.1) is 16.7 Å². The van der Waals surface area contributed by atoms with Gasteiger partial charge in [-0.05, 0) is 77.9 Å². The van der Waals surface area contributed by atoms with Crippen LogP contribution in [0, 0.1) is 19.3 Å². The van der Waals surface area contributed by atoms with Crippen LogP contribution in [0.5, 0.6) is 0 Å². The van der Waals surface area contributed by atoms with Gasteiger partial charge in [-0.1, -0.05) is 0 Å². The third kappa shape index (κ3) is 2.27. The second-order valence-electron chi connectivity index (χ2n) is 7.86. The van der Waals surface area contributed by atoms with E-state index in [1.54, 1.807) is 13.8 Å². The van der Waals surface area contributed by atoms with Crippen molar-refractivity contribution >= 4 is 40.7 Å². The summed E-state index contributed by atoms with van der Waals surface area (Å²) in [6.45, 7) is 3.44. The van der Waals surface area contributed by atoms with Crippen molar-refractivity contribution < 1.29 is 39.6 Å². The predicted octanol–water partition coefficient (Wildman–Crippen LogP) is 3.28. The van der Waals surface area contributed by atoms with E-state index in [1.165, 1.54) is 18.2 Å². The fraction of sp³-hybridized carbons (Fsp3) is 0.273. The number of carboxylic acids is 4. The zero-order valence-corrected chi connectivity index (χ0v) is 16.1. The lowest BCUT2D eigenvalue weighted by atomic mass is 9.50. The van der Waals surface area contributed by atoms with Crippen LogP contribution in [0.15, 0.2) is 17.7 Å². The first-order chi connectivity index (χ1) is 14.0. The molecule has 1 saturated carbocycles. The lowest BCUT2D eigenvalue weighted by Gasteiger charge is -2.50. The van der Waals surface area contributed by atoms with E-state index in [-0.39, 0.29) is 23.1 Å². The number of hydrogen-bond acceptors (Lipinski definition) is 4. The van der Waals surface area contributed by atoms with Gasteiger partial charge in [0.2, 0.25) is 0 Å². The maximum atomic E-state index is 12.1. The van der Waals surface area contributed by atoms with Crippen molar-refractivity contribution in [3.63, 3.8) is 0 Å². The molecule has 2 unspecified atom stereocenters. The average molecular weight is 410 g/mol. The number of benzene rings is 2. The minimum absolute atomic E-state index is 0.179. The molecule has 154 valence electrons. The van der Waals surface area contributed by atoms with Gasteiger partial charge >= 0.3 is 23.9 Å². The third-order valence-electron chi connectivity index (χ3n) is 6.68. The minimum atomic E-state index is -1.51. The summed E-state index contributed by atoms with van der Waals surface area (Å²) < 4.78 is 0. The highest BCUT2D eigenvalue weighted by Gasteiger charge is 2.60. The molecule has 4 rings (SSSR count). The van der Waals surface area contributed by atoms with E-state index in [0.29, 0.717) is 39.4 Å². The Bertz CT molecular complexity index is 1240. The van der Waals surface area contributed by atoms with Crippen LogP contribution >= 0.6 is 0 Å². The van der Waals surface area contributed by atoms with Crippen molar-refractivity contribution in [2.75, 3.05) is 0 Å². The molecule has 0 bridgehead atoms. The zero-order valence-electron chi connectivity index (χ0n) is 16.1. The highest BCUT2D eigenvalue weighted by Crippen LogP contribution is 2.62. The predicted molar refractivity (Wildman–Crippen MR) is 105 cm³/mol. The number of hydrogen-bond donors (Lipinski definition) is 4. The second-order valence-corrected chi connectivity index (χ2v) is 7.86. The van der Waals surface area contributed by atoms with Crippen molar-refractivity contribution in [1.29, 1.82) is 0 Å². The molecule has 0 saturated heterocycles. The van der Waals surface area contributed by atoms with Crippen molar-refractivity contribution in [2.24, 2.45) is 5.41 Å². The van der Waals surface area contributed by atoms with Crippen molar-refractivity contribution in [3.05, 3.63) is 51.1 Å². The highest BCUT2D eigenvalue weighted by molar-refractivity contribution is 6.10. The fourth-order valence-corrected chi connectivity index (χ4v) is 5.09. The quantitative estimate of drug-likeness (QED) is 0.600. The van der Waals surface area contributed by atoms with Gasteiger partial charge in [-0.2, -0.15) is 0 Å². The van der Waals surface area contributed by atoms with Gasteiger partial charge in [0.25, 0.3) is 0 Å². The number of aliphatic carboxylic acids is 2. The highest BCUT2D eigenvalue weighted by atomic mass is 16.4. The van der Waals surface area contributed by atoms with Gasteiger partial charge in [-0.3, -0.25) is 4.79 Å². The summed E-state index contributed by atoms with van der Waals surface area (Å²) >= 11 is 0. The van der Waals surface area contributed by atoms with Crippen LogP contribution in [0.1, 0.15) is 61.7 Å². The number of carboxylic acid groups (broad SMARTS) is 4. The van der Waals surface area contributed by atoms with Gasteiger partial charge in [0.1, 0.15) is 5.41 Å². The minimum Gasteiger partial charge on any atom is -0.481 e. The summed E-state index contributed by atoms with van der Waals surface area (Å²) in [4.78, 5) is 47.3. The molecular formula is C22H18O8. The maximum absolute atomic E-state index is 12.1. The first kappa shape index (κ1) is 19.6. The molecule has 2 aliphatic carbocycles. The van der Waals surface area contributed by atoms with E-state index >= 15 is 0 Å². The Morgan fingerprint density at radius 1 is 0.867 bits per heavy atom. The number of aromatic carboxylic acids is 2. The second kappa shape index (κ2) is 6.16. The zero-order chi connectivity index (χ0) is 22.1. The molecule has 30 heavy (non-hydrogen) atoms. The molecule has 2 atom stereocenters. The Kier molecular flexibility index (Phi) is 4.03. The van der Waals surface area contributed by atoms with E-state index in [2.05, 4.69) is 0 Å². The van der Waals surface area contributed by atoms with Crippen molar-refractivity contribution in [1.82, 2.24) is 0 Å². The summed E-state index contributed by atoms with van der Waals surface area (Å²) in [6.07, 6.45) is 2.09. The van der Waals surface area contributed by atoms with E-state index in [0.717, 1.165) is 0 Å².